The number of methoxy groups -OCH3 is 1. The lowest BCUT2D eigenvalue weighted by molar-refractivity contribution is -0.114. The number of anilines is 1. The molecular formula is C24H28N2O4S. The van der Waals surface area contributed by atoms with E-state index < -0.39 is 0 Å². The molecule has 0 atom stereocenters. The predicted molar refractivity (Wildman–Crippen MR) is 125 cm³/mol. The van der Waals surface area contributed by atoms with Crippen LogP contribution in [0.2, 0.25) is 0 Å². The number of ether oxygens (including phenoxy) is 2. The molecule has 3 rings (SSSR count). The first kappa shape index (κ1) is 22.7. The fourth-order valence-corrected chi connectivity index (χ4v) is 4.31. The third-order valence-corrected chi connectivity index (χ3v) is 6.00. The van der Waals surface area contributed by atoms with Gasteiger partial charge < -0.3 is 19.7 Å². The molecule has 0 fully saturated rings. The average Bonchev–Trinajstić information content (AvgIpc) is 2.78. The van der Waals surface area contributed by atoms with Gasteiger partial charge in [0, 0.05) is 24.1 Å². The Bertz CT molecular complexity index is 1000. The van der Waals surface area contributed by atoms with Crippen molar-refractivity contribution in [3.8, 4) is 11.5 Å². The van der Waals surface area contributed by atoms with Crippen LogP contribution in [0.4, 0.5) is 5.69 Å². The number of nitrogens with one attached hydrogen (secondary N) is 1. The highest BCUT2D eigenvalue weighted by molar-refractivity contribution is 8.04. The lowest BCUT2D eigenvalue weighted by Gasteiger charge is -2.27. The van der Waals surface area contributed by atoms with Crippen molar-refractivity contribution in [3.63, 3.8) is 0 Å². The van der Waals surface area contributed by atoms with Crippen molar-refractivity contribution in [2.75, 3.05) is 32.2 Å². The molecule has 0 saturated carbocycles. The molecule has 31 heavy (non-hydrogen) atoms. The molecule has 0 radical (unpaired) electrons. The number of hydrogen-bond acceptors (Lipinski definition) is 5. The van der Waals surface area contributed by atoms with Gasteiger partial charge in [-0.15, -0.1) is 0 Å². The Morgan fingerprint density at radius 1 is 1.16 bits per heavy atom. The molecule has 0 unspecified atom stereocenters. The largest absolute Gasteiger partial charge is 0.493 e. The van der Waals surface area contributed by atoms with Crippen molar-refractivity contribution in [3.05, 3.63) is 52.4 Å². The maximum absolute atomic E-state index is 13.0. The predicted octanol–water partition coefficient (Wildman–Crippen LogP) is 4.73. The summed E-state index contributed by atoms with van der Waals surface area (Å²) in [6, 6.07) is 11.1. The van der Waals surface area contributed by atoms with Gasteiger partial charge in [-0.2, -0.15) is 0 Å². The first-order valence-corrected chi connectivity index (χ1v) is 11.2. The Kier molecular flexibility index (Phi) is 7.63. The van der Waals surface area contributed by atoms with E-state index in [-0.39, 0.29) is 11.8 Å². The summed E-state index contributed by atoms with van der Waals surface area (Å²) in [6.07, 6.45) is 3.80. The molecule has 0 aliphatic carbocycles. The van der Waals surface area contributed by atoms with Crippen molar-refractivity contribution in [2.45, 2.75) is 31.6 Å². The summed E-state index contributed by atoms with van der Waals surface area (Å²) in [4.78, 5) is 28.5. The molecule has 6 nitrogen and oxygen atoms in total. The first-order valence-electron chi connectivity index (χ1n) is 10.4. The quantitative estimate of drug-likeness (QED) is 0.475. The number of hydrogen-bond donors (Lipinski definition) is 1. The Balaban J connectivity index is 1.85. The lowest BCUT2D eigenvalue weighted by Crippen LogP contribution is -2.31. The van der Waals surface area contributed by atoms with Gasteiger partial charge >= 0.3 is 0 Å². The molecule has 164 valence electrons. The van der Waals surface area contributed by atoms with E-state index in [2.05, 4.69) is 12.2 Å². The molecule has 0 bridgehead atoms. The van der Waals surface area contributed by atoms with E-state index in [0.29, 0.717) is 35.1 Å². The number of carbonyl (C=O) groups is 2. The second-order valence-electron chi connectivity index (χ2n) is 7.11. The molecule has 1 aliphatic rings. The monoisotopic (exact) mass is 440 g/mol. The fourth-order valence-electron chi connectivity index (χ4n) is 3.22. The van der Waals surface area contributed by atoms with Crippen LogP contribution < -0.4 is 19.7 Å². The number of rotatable bonds is 8. The topological polar surface area (TPSA) is 67.9 Å². The van der Waals surface area contributed by atoms with Gasteiger partial charge in [-0.1, -0.05) is 31.2 Å². The molecular weight excluding hydrogens is 412 g/mol. The van der Waals surface area contributed by atoms with Gasteiger partial charge in [0.1, 0.15) is 0 Å². The van der Waals surface area contributed by atoms with Crippen LogP contribution in [0.25, 0.3) is 6.08 Å². The number of unbranched alkanes of at least 4 members (excludes halogenated alkanes) is 1. The molecule has 1 heterocycles. The summed E-state index contributed by atoms with van der Waals surface area (Å²) in [6.45, 7) is 5.19. The highest BCUT2D eigenvalue weighted by Gasteiger charge is 2.27. The standard InChI is InChI=1S/C24H28N2O4S/c1-5-7-12-25-23(27)17-9-11-21-18(15-17)26(3)24(28)22(31-21)14-16-8-10-19(30-6-2)20(13-16)29-4/h8-11,13-15H,5-7,12H2,1-4H3,(H,25,27). The number of fused-ring (bicyclic) bond motifs is 1. The minimum atomic E-state index is -0.120. The van der Waals surface area contributed by atoms with Crippen molar-refractivity contribution >= 4 is 35.3 Å². The zero-order valence-corrected chi connectivity index (χ0v) is 19.2. The Morgan fingerprint density at radius 2 is 1.97 bits per heavy atom. The second kappa shape index (κ2) is 10.4. The minimum absolute atomic E-state index is 0.117. The zero-order valence-electron chi connectivity index (χ0n) is 18.4. The number of benzene rings is 2. The van der Waals surface area contributed by atoms with Gasteiger partial charge in [0.2, 0.25) is 0 Å². The van der Waals surface area contributed by atoms with E-state index in [0.717, 1.165) is 29.0 Å². The summed E-state index contributed by atoms with van der Waals surface area (Å²) < 4.78 is 11.0. The van der Waals surface area contributed by atoms with Crippen LogP contribution >= 0.6 is 11.8 Å². The number of likely N-dealkylation sites (N-methyl/N-ethyl adjacent to an activating group) is 1. The van der Waals surface area contributed by atoms with Crippen LogP contribution in [0, 0.1) is 0 Å². The van der Waals surface area contributed by atoms with Gasteiger partial charge in [-0.05, 0) is 55.3 Å². The Labute approximate surface area is 187 Å². The summed E-state index contributed by atoms with van der Waals surface area (Å²) >= 11 is 1.40. The van der Waals surface area contributed by atoms with Crippen LogP contribution in [0.3, 0.4) is 0 Å². The van der Waals surface area contributed by atoms with Gasteiger partial charge in [-0.25, -0.2) is 0 Å². The maximum Gasteiger partial charge on any atom is 0.264 e. The van der Waals surface area contributed by atoms with Crippen LogP contribution in [0.5, 0.6) is 11.5 Å². The molecule has 2 aromatic rings. The van der Waals surface area contributed by atoms with Crippen molar-refractivity contribution in [2.24, 2.45) is 0 Å². The Morgan fingerprint density at radius 3 is 2.68 bits per heavy atom. The molecule has 0 saturated heterocycles. The highest BCUT2D eigenvalue weighted by Crippen LogP contribution is 2.42. The summed E-state index contributed by atoms with van der Waals surface area (Å²) in [7, 11) is 3.32. The molecule has 2 amide bonds. The normalized spacial score (nSPS) is 14.4. The number of thioether (sulfide) groups is 1. The van der Waals surface area contributed by atoms with Crippen LogP contribution in [-0.4, -0.2) is 39.1 Å². The highest BCUT2D eigenvalue weighted by atomic mass is 32.2. The number of carbonyl (C=O) groups excluding carboxylic acids is 2. The van der Waals surface area contributed by atoms with Gasteiger partial charge in [-0.3, -0.25) is 9.59 Å². The average molecular weight is 441 g/mol. The van der Waals surface area contributed by atoms with Crippen molar-refractivity contribution < 1.29 is 19.1 Å². The van der Waals surface area contributed by atoms with Crippen LogP contribution in [0.15, 0.2) is 46.2 Å². The lowest BCUT2D eigenvalue weighted by atomic mass is 10.1. The molecule has 1 N–H and O–H groups in total. The van der Waals surface area contributed by atoms with E-state index in [4.69, 9.17) is 9.47 Å². The Hall–Kier alpha value is -2.93. The number of amides is 2. The minimum Gasteiger partial charge on any atom is -0.493 e. The van der Waals surface area contributed by atoms with Gasteiger partial charge in [0.25, 0.3) is 11.8 Å². The van der Waals surface area contributed by atoms with E-state index in [1.165, 1.54) is 11.8 Å². The van der Waals surface area contributed by atoms with E-state index in [1.807, 2.05) is 37.3 Å². The SMILES string of the molecule is CCCCNC(=O)c1ccc2c(c1)N(C)C(=O)C(=Cc1ccc(OCC)c(OC)c1)S2. The van der Waals surface area contributed by atoms with E-state index >= 15 is 0 Å². The summed E-state index contributed by atoms with van der Waals surface area (Å²) in [5, 5.41) is 2.92. The third kappa shape index (κ3) is 5.22. The van der Waals surface area contributed by atoms with Gasteiger partial charge in [0.05, 0.1) is 24.3 Å². The van der Waals surface area contributed by atoms with Crippen molar-refractivity contribution in [1.82, 2.24) is 5.32 Å². The smallest absolute Gasteiger partial charge is 0.264 e. The van der Waals surface area contributed by atoms with Crippen LogP contribution in [-0.2, 0) is 4.79 Å². The molecule has 2 aromatic carbocycles. The molecule has 1 aliphatic heterocycles. The van der Waals surface area contributed by atoms with Crippen LogP contribution in [0.1, 0.15) is 42.6 Å². The fraction of sp³-hybridized carbons (Fsp3) is 0.333. The molecule has 0 aromatic heterocycles. The van der Waals surface area contributed by atoms with E-state index in [9.17, 15) is 9.59 Å². The zero-order chi connectivity index (χ0) is 22.4. The summed E-state index contributed by atoms with van der Waals surface area (Å²) in [5.41, 5.74) is 2.14. The number of nitrogens with zero attached hydrogens (tertiary/aromatic N) is 1. The molecule has 7 heteroatoms. The maximum atomic E-state index is 13.0. The second-order valence-corrected chi connectivity index (χ2v) is 8.19. The van der Waals surface area contributed by atoms with Gasteiger partial charge in [0.15, 0.2) is 11.5 Å². The van der Waals surface area contributed by atoms with E-state index in [1.54, 1.807) is 31.2 Å². The first-order chi connectivity index (χ1) is 15.0. The third-order valence-electron chi connectivity index (χ3n) is 4.92. The summed E-state index contributed by atoms with van der Waals surface area (Å²) in [5.74, 6) is 1.05. The molecule has 0 spiro atoms. The van der Waals surface area contributed by atoms with Crippen molar-refractivity contribution in [1.29, 1.82) is 0 Å².